The van der Waals surface area contributed by atoms with Crippen LogP contribution in [0.2, 0.25) is 0 Å². The monoisotopic (exact) mass is 373 g/mol. The quantitative estimate of drug-likeness (QED) is 0.779. The molecular formula is C21H24FNO4. The highest BCUT2D eigenvalue weighted by Crippen LogP contribution is 2.28. The molecule has 2 aromatic carbocycles. The smallest absolute Gasteiger partial charge is 0.223 e. The van der Waals surface area contributed by atoms with Gasteiger partial charge < -0.3 is 19.1 Å². The largest absolute Gasteiger partial charge is 0.493 e. The van der Waals surface area contributed by atoms with Crippen LogP contribution in [0.15, 0.2) is 42.5 Å². The molecule has 1 heterocycles. The molecule has 144 valence electrons. The van der Waals surface area contributed by atoms with Crippen LogP contribution >= 0.6 is 0 Å². The highest BCUT2D eigenvalue weighted by atomic mass is 19.1. The second-order valence-electron chi connectivity index (χ2n) is 6.41. The van der Waals surface area contributed by atoms with Crippen molar-refractivity contribution in [1.29, 1.82) is 0 Å². The molecule has 1 fully saturated rings. The summed E-state index contributed by atoms with van der Waals surface area (Å²) in [5.41, 5.74) is 1.50. The van der Waals surface area contributed by atoms with Crippen LogP contribution in [0.3, 0.4) is 0 Å². The molecule has 6 heteroatoms. The summed E-state index contributed by atoms with van der Waals surface area (Å²) >= 11 is 0. The van der Waals surface area contributed by atoms with Crippen molar-refractivity contribution in [1.82, 2.24) is 4.90 Å². The van der Waals surface area contributed by atoms with Gasteiger partial charge in [-0.25, -0.2) is 4.39 Å². The number of nitrogens with zero attached hydrogens (tertiary/aromatic N) is 1. The zero-order chi connectivity index (χ0) is 19.2. The van der Waals surface area contributed by atoms with Crippen molar-refractivity contribution < 1.29 is 23.4 Å². The van der Waals surface area contributed by atoms with Gasteiger partial charge in [0.05, 0.1) is 27.4 Å². The van der Waals surface area contributed by atoms with Crippen molar-refractivity contribution in [2.24, 2.45) is 0 Å². The van der Waals surface area contributed by atoms with Crippen LogP contribution < -0.4 is 9.47 Å². The Morgan fingerprint density at radius 3 is 2.70 bits per heavy atom. The van der Waals surface area contributed by atoms with Gasteiger partial charge >= 0.3 is 0 Å². The summed E-state index contributed by atoms with van der Waals surface area (Å²) in [6.07, 6.45) is 0.547. The van der Waals surface area contributed by atoms with E-state index in [1.54, 1.807) is 37.3 Å². The first kappa shape index (κ1) is 19.2. The number of aryl methyl sites for hydroxylation is 1. The van der Waals surface area contributed by atoms with Crippen molar-refractivity contribution in [3.63, 3.8) is 0 Å². The topological polar surface area (TPSA) is 48.0 Å². The Morgan fingerprint density at radius 2 is 1.96 bits per heavy atom. The van der Waals surface area contributed by atoms with E-state index in [1.165, 1.54) is 6.07 Å². The summed E-state index contributed by atoms with van der Waals surface area (Å²) in [6, 6.07) is 12.2. The summed E-state index contributed by atoms with van der Waals surface area (Å²) in [6.45, 7) is 1.29. The van der Waals surface area contributed by atoms with Gasteiger partial charge in [0.15, 0.2) is 11.5 Å². The molecule has 0 spiro atoms. The molecule has 0 bridgehead atoms. The molecule has 27 heavy (non-hydrogen) atoms. The maximum atomic E-state index is 14.0. The van der Waals surface area contributed by atoms with Crippen molar-refractivity contribution in [3.8, 4) is 11.5 Å². The van der Waals surface area contributed by atoms with Crippen LogP contribution in [0, 0.1) is 5.82 Å². The van der Waals surface area contributed by atoms with Gasteiger partial charge in [-0.15, -0.1) is 0 Å². The number of carbonyl (C=O) groups is 1. The fraction of sp³-hybridized carbons (Fsp3) is 0.381. The SMILES string of the molecule is COc1ccc(CCC(=O)N2CCOC(c3ccccc3F)C2)cc1OC. The van der Waals surface area contributed by atoms with E-state index in [0.717, 1.165) is 5.56 Å². The Bertz CT molecular complexity index is 796. The van der Waals surface area contributed by atoms with E-state index < -0.39 is 6.10 Å². The van der Waals surface area contributed by atoms with Crippen LogP contribution in [0.25, 0.3) is 0 Å². The third-order valence-corrected chi connectivity index (χ3v) is 4.75. The molecule has 0 radical (unpaired) electrons. The Labute approximate surface area is 158 Å². The molecule has 1 unspecified atom stereocenters. The number of rotatable bonds is 6. The molecule has 1 atom stereocenters. The minimum atomic E-state index is -0.426. The predicted molar refractivity (Wildman–Crippen MR) is 99.5 cm³/mol. The zero-order valence-electron chi connectivity index (χ0n) is 15.6. The van der Waals surface area contributed by atoms with Gasteiger partial charge in [-0.1, -0.05) is 24.3 Å². The Balaban J connectivity index is 1.60. The Kier molecular flexibility index (Phi) is 6.29. The maximum Gasteiger partial charge on any atom is 0.223 e. The van der Waals surface area contributed by atoms with Crippen LogP contribution in [-0.4, -0.2) is 44.7 Å². The molecule has 3 rings (SSSR count). The molecule has 0 aliphatic carbocycles. The zero-order valence-corrected chi connectivity index (χ0v) is 15.6. The molecule has 0 aromatic heterocycles. The fourth-order valence-electron chi connectivity index (χ4n) is 3.25. The Morgan fingerprint density at radius 1 is 1.19 bits per heavy atom. The minimum absolute atomic E-state index is 0.0365. The number of ether oxygens (including phenoxy) is 3. The van der Waals surface area contributed by atoms with Crippen LogP contribution in [0.1, 0.15) is 23.7 Å². The van der Waals surface area contributed by atoms with E-state index in [2.05, 4.69) is 0 Å². The van der Waals surface area contributed by atoms with Gasteiger partial charge in [0.25, 0.3) is 0 Å². The number of hydrogen-bond acceptors (Lipinski definition) is 4. The summed E-state index contributed by atoms with van der Waals surface area (Å²) in [5.74, 6) is 1.04. The van der Waals surface area contributed by atoms with Gasteiger partial charge in [0.2, 0.25) is 5.91 Å². The lowest BCUT2D eigenvalue weighted by atomic mass is 10.1. The van der Waals surface area contributed by atoms with Crippen LogP contribution in [0.5, 0.6) is 11.5 Å². The summed E-state index contributed by atoms with van der Waals surface area (Å²) in [4.78, 5) is 14.4. The minimum Gasteiger partial charge on any atom is -0.493 e. The first-order chi connectivity index (χ1) is 13.1. The molecule has 0 saturated carbocycles. The number of carbonyl (C=O) groups excluding carboxylic acids is 1. The van der Waals surface area contributed by atoms with E-state index in [-0.39, 0.29) is 11.7 Å². The number of hydrogen-bond donors (Lipinski definition) is 0. The molecule has 1 aliphatic heterocycles. The average molecular weight is 373 g/mol. The number of morpholine rings is 1. The van der Waals surface area contributed by atoms with Crippen LogP contribution in [-0.2, 0) is 16.0 Å². The second kappa shape index (κ2) is 8.86. The number of benzene rings is 2. The lowest BCUT2D eigenvalue weighted by molar-refractivity contribution is -0.139. The molecule has 2 aromatic rings. The van der Waals surface area contributed by atoms with Gasteiger partial charge in [-0.05, 0) is 30.2 Å². The molecule has 1 amide bonds. The first-order valence-corrected chi connectivity index (χ1v) is 8.97. The maximum absolute atomic E-state index is 14.0. The number of halogens is 1. The number of amides is 1. The molecule has 1 saturated heterocycles. The van der Waals surface area contributed by atoms with Gasteiger partial charge in [-0.2, -0.15) is 0 Å². The van der Waals surface area contributed by atoms with E-state index in [1.807, 2.05) is 18.2 Å². The molecular weight excluding hydrogens is 349 g/mol. The third-order valence-electron chi connectivity index (χ3n) is 4.75. The third kappa shape index (κ3) is 4.57. The van der Waals surface area contributed by atoms with Gasteiger partial charge in [0, 0.05) is 18.5 Å². The van der Waals surface area contributed by atoms with Crippen molar-refractivity contribution in [2.75, 3.05) is 33.9 Å². The first-order valence-electron chi connectivity index (χ1n) is 8.97. The standard InChI is InChI=1S/C21H24FNO4/c1-25-18-9-7-15(13-19(18)26-2)8-10-21(24)23-11-12-27-20(14-23)16-5-3-4-6-17(16)22/h3-7,9,13,20H,8,10-12,14H2,1-2H3. The fourth-order valence-corrected chi connectivity index (χ4v) is 3.25. The van der Waals surface area contributed by atoms with E-state index >= 15 is 0 Å². The molecule has 0 N–H and O–H groups in total. The highest BCUT2D eigenvalue weighted by molar-refractivity contribution is 5.76. The van der Waals surface area contributed by atoms with Crippen molar-refractivity contribution in [2.45, 2.75) is 18.9 Å². The summed E-state index contributed by atoms with van der Waals surface area (Å²) in [7, 11) is 3.18. The van der Waals surface area contributed by atoms with Gasteiger partial charge in [0.1, 0.15) is 11.9 Å². The predicted octanol–water partition coefficient (Wildman–Crippen LogP) is 3.38. The normalized spacial score (nSPS) is 16.9. The second-order valence-corrected chi connectivity index (χ2v) is 6.41. The van der Waals surface area contributed by atoms with Crippen molar-refractivity contribution in [3.05, 3.63) is 59.4 Å². The lowest BCUT2D eigenvalue weighted by Crippen LogP contribution is -2.42. The molecule has 1 aliphatic rings. The Hall–Kier alpha value is -2.60. The van der Waals surface area contributed by atoms with E-state index in [9.17, 15) is 9.18 Å². The molecule has 5 nitrogen and oxygen atoms in total. The van der Waals surface area contributed by atoms with E-state index in [4.69, 9.17) is 14.2 Å². The summed E-state index contributed by atoms with van der Waals surface area (Å²) in [5, 5.41) is 0. The summed E-state index contributed by atoms with van der Waals surface area (Å²) < 4.78 is 30.2. The van der Waals surface area contributed by atoms with Crippen molar-refractivity contribution >= 4 is 5.91 Å². The lowest BCUT2D eigenvalue weighted by Gasteiger charge is -2.33. The average Bonchev–Trinajstić information content (AvgIpc) is 2.72. The highest BCUT2D eigenvalue weighted by Gasteiger charge is 2.26. The van der Waals surface area contributed by atoms with Crippen LogP contribution in [0.4, 0.5) is 4.39 Å². The number of methoxy groups -OCH3 is 2. The van der Waals surface area contributed by atoms with E-state index in [0.29, 0.717) is 49.6 Å². The van der Waals surface area contributed by atoms with Gasteiger partial charge in [-0.3, -0.25) is 4.79 Å².